The van der Waals surface area contributed by atoms with Crippen LogP contribution in [0.25, 0.3) is 11.0 Å². The molecule has 0 amide bonds. The molecule has 0 spiro atoms. The monoisotopic (exact) mass is 279 g/mol. The van der Waals surface area contributed by atoms with Crippen molar-refractivity contribution in [2.24, 2.45) is 0 Å². The van der Waals surface area contributed by atoms with Gasteiger partial charge in [-0.1, -0.05) is 11.6 Å². The van der Waals surface area contributed by atoms with E-state index in [4.69, 9.17) is 21.3 Å². The number of nitrogens with one attached hydrogen (secondary N) is 1. The highest BCUT2D eigenvalue weighted by molar-refractivity contribution is 6.31. The SMILES string of the molecule is CCn1c(CC2CNCCO2)nc2ccc(Cl)cc21. The Morgan fingerprint density at radius 2 is 2.42 bits per heavy atom. The normalized spacial score (nSPS) is 20.0. The zero-order valence-corrected chi connectivity index (χ0v) is 11.8. The zero-order chi connectivity index (χ0) is 13.2. The molecule has 0 aliphatic carbocycles. The van der Waals surface area contributed by atoms with Crippen molar-refractivity contribution in [2.45, 2.75) is 26.0 Å². The first-order valence-electron chi connectivity index (χ1n) is 6.75. The fourth-order valence-corrected chi connectivity index (χ4v) is 2.78. The van der Waals surface area contributed by atoms with Gasteiger partial charge in [-0.25, -0.2) is 4.98 Å². The van der Waals surface area contributed by atoms with Crippen molar-refractivity contribution in [3.05, 3.63) is 29.0 Å². The molecule has 1 fully saturated rings. The molecule has 0 saturated carbocycles. The molecule has 1 N–H and O–H groups in total. The van der Waals surface area contributed by atoms with Gasteiger partial charge < -0.3 is 14.6 Å². The molecular weight excluding hydrogens is 262 g/mol. The summed E-state index contributed by atoms with van der Waals surface area (Å²) in [6.45, 7) is 5.64. The number of fused-ring (bicyclic) bond motifs is 1. The van der Waals surface area contributed by atoms with Crippen molar-refractivity contribution in [3.63, 3.8) is 0 Å². The first-order valence-corrected chi connectivity index (χ1v) is 7.12. The van der Waals surface area contributed by atoms with E-state index in [0.717, 1.165) is 54.5 Å². The third-order valence-corrected chi connectivity index (χ3v) is 3.76. The number of halogens is 1. The van der Waals surface area contributed by atoms with Crippen LogP contribution >= 0.6 is 11.6 Å². The molecule has 1 unspecified atom stereocenters. The summed E-state index contributed by atoms with van der Waals surface area (Å²) in [5.74, 6) is 1.08. The Bertz CT molecular complexity index is 575. The summed E-state index contributed by atoms with van der Waals surface area (Å²) in [7, 11) is 0. The van der Waals surface area contributed by atoms with E-state index in [9.17, 15) is 0 Å². The van der Waals surface area contributed by atoms with Crippen molar-refractivity contribution in [1.82, 2.24) is 14.9 Å². The molecule has 3 rings (SSSR count). The van der Waals surface area contributed by atoms with Crippen LogP contribution < -0.4 is 5.32 Å². The van der Waals surface area contributed by atoms with Crippen LogP contribution in [-0.2, 0) is 17.7 Å². The highest BCUT2D eigenvalue weighted by atomic mass is 35.5. The van der Waals surface area contributed by atoms with Gasteiger partial charge in [0.15, 0.2) is 0 Å². The maximum Gasteiger partial charge on any atom is 0.112 e. The van der Waals surface area contributed by atoms with Crippen LogP contribution in [0.5, 0.6) is 0 Å². The quantitative estimate of drug-likeness (QED) is 0.937. The van der Waals surface area contributed by atoms with Gasteiger partial charge in [-0.2, -0.15) is 0 Å². The Morgan fingerprint density at radius 3 is 3.16 bits per heavy atom. The third-order valence-electron chi connectivity index (χ3n) is 3.52. The molecular formula is C14H18ClN3O. The standard InChI is InChI=1S/C14H18ClN3O/c1-2-18-13-7-10(15)3-4-12(13)17-14(18)8-11-9-16-5-6-19-11/h3-4,7,11,16H,2,5-6,8-9H2,1H3. The molecule has 2 heterocycles. The van der Waals surface area contributed by atoms with E-state index in [1.807, 2.05) is 18.2 Å². The average Bonchev–Trinajstić information content (AvgIpc) is 2.76. The molecule has 102 valence electrons. The summed E-state index contributed by atoms with van der Waals surface area (Å²) in [6, 6.07) is 5.85. The highest BCUT2D eigenvalue weighted by Crippen LogP contribution is 2.22. The van der Waals surface area contributed by atoms with E-state index in [1.54, 1.807) is 0 Å². The lowest BCUT2D eigenvalue weighted by atomic mass is 10.2. The Hall–Kier alpha value is -1.10. The topological polar surface area (TPSA) is 39.1 Å². The average molecular weight is 280 g/mol. The second-order valence-corrected chi connectivity index (χ2v) is 5.24. The molecule has 1 aliphatic rings. The number of rotatable bonds is 3. The van der Waals surface area contributed by atoms with E-state index in [2.05, 4.69) is 16.8 Å². The molecule has 2 aromatic rings. The molecule has 19 heavy (non-hydrogen) atoms. The van der Waals surface area contributed by atoms with Crippen molar-refractivity contribution in [2.75, 3.05) is 19.7 Å². The minimum Gasteiger partial charge on any atom is -0.375 e. The second-order valence-electron chi connectivity index (χ2n) is 4.81. The smallest absolute Gasteiger partial charge is 0.112 e. The first-order chi connectivity index (χ1) is 9.28. The second kappa shape index (κ2) is 5.49. The van der Waals surface area contributed by atoms with Gasteiger partial charge in [0.05, 0.1) is 23.7 Å². The van der Waals surface area contributed by atoms with Crippen LogP contribution in [0.3, 0.4) is 0 Å². The molecule has 1 aromatic carbocycles. The van der Waals surface area contributed by atoms with Gasteiger partial charge in [-0.05, 0) is 25.1 Å². The number of benzene rings is 1. The predicted octanol–water partition coefficient (Wildman–Crippen LogP) is 2.24. The number of aryl methyl sites for hydroxylation is 1. The Morgan fingerprint density at radius 1 is 1.53 bits per heavy atom. The van der Waals surface area contributed by atoms with Crippen molar-refractivity contribution in [3.8, 4) is 0 Å². The molecule has 0 radical (unpaired) electrons. The van der Waals surface area contributed by atoms with E-state index >= 15 is 0 Å². The van der Waals surface area contributed by atoms with E-state index < -0.39 is 0 Å². The summed E-state index contributed by atoms with van der Waals surface area (Å²) >= 11 is 6.07. The predicted molar refractivity (Wildman–Crippen MR) is 76.7 cm³/mol. The van der Waals surface area contributed by atoms with Crippen molar-refractivity contribution >= 4 is 22.6 Å². The number of nitrogens with zero attached hydrogens (tertiary/aromatic N) is 2. The Kier molecular flexibility index (Phi) is 3.73. The van der Waals surface area contributed by atoms with Crippen LogP contribution in [-0.4, -0.2) is 35.4 Å². The van der Waals surface area contributed by atoms with Crippen molar-refractivity contribution < 1.29 is 4.74 Å². The highest BCUT2D eigenvalue weighted by Gasteiger charge is 2.18. The van der Waals surface area contributed by atoms with Gasteiger partial charge >= 0.3 is 0 Å². The summed E-state index contributed by atoms with van der Waals surface area (Å²) < 4.78 is 7.98. The molecule has 1 aliphatic heterocycles. The maximum atomic E-state index is 6.07. The third kappa shape index (κ3) is 2.61. The van der Waals surface area contributed by atoms with Crippen LogP contribution in [0, 0.1) is 0 Å². The summed E-state index contributed by atoms with van der Waals surface area (Å²) in [5.41, 5.74) is 2.11. The number of hydrogen-bond acceptors (Lipinski definition) is 3. The lowest BCUT2D eigenvalue weighted by Gasteiger charge is -2.23. The Labute approximate surface area is 117 Å². The lowest BCUT2D eigenvalue weighted by Crippen LogP contribution is -2.40. The first kappa shape index (κ1) is 12.9. The fourth-order valence-electron chi connectivity index (χ4n) is 2.61. The van der Waals surface area contributed by atoms with Gasteiger partial charge in [0.2, 0.25) is 0 Å². The van der Waals surface area contributed by atoms with Gasteiger partial charge in [0, 0.05) is 31.1 Å². The fraction of sp³-hybridized carbons (Fsp3) is 0.500. The minimum absolute atomic E-state index is 0.214. The number of hydrogen-bond donors (Lipinski definition) is 1. The summed E-state index contributed by atoms with van der Waals surface area (Å²) in [4.78, 5) is 4.72. The van der Waals surface area contributed by atoms with Gasteiger partial charge in [0.1, 0.15) is 5.82 Å². The number of morpholine rings is 1. The molecule has 5 heteroatoms. The molecule has 1 aromatic heterocycles. The lowest BCUT2D eigenvalue weighted by molar-refractivity contribution is 0.0276. The van der Waals surface area contributed by atoms with Crippen molar-refractivity contribution in [1.29, 1.82) is 0 Å². The van der Waals surface area contributed by atoms with Crippen LogP contribution in [0.4, 0.5) is 0 Å². The number of aromatic nitrogens is 2. The van der Waals surface area contributed by atoms with E-state index in [0.29, 0.717) is 0 Å². The largest absolute Gasteiger partial charge is 0.375 e. The molecule has 0 bridgehead atoms. The Balaban J connectivity index is 1.93. The number of imidazole rings is 1. The van der Waals surface area contributed by atoms with Gasteiger partial charge in [-0.3, -0.25) is 0 Å². The molecule has 1 atom stereocenters. The number of ether oxygens (including phenoxy) is 1. The maximum absolute atomic E-state index is 6.07. The summed E-state index contributed by atoms with van der Waals surface area (Å²) in [5, 5.41) is 4.11. The van der Waals surface area contributed by atoms with Crippen LogP contribution in [0.15, 0.2) is 18.2 Å². The molecule has 1 saturated heterocycles. The van der Waals surface area contributed by atoms with Gasteiger partial charge in [0.25, 0.3) is 0 Å². The van der Waals surface area contributed by atoms with E-state index in [-0.39, 0.29) is 6.10 Å². The van der Waals surface area contributed by atoms with E-state index in [1.165, 1.54) is 0 Å². The van der Waals surface area contributed by atoms with Crippen LogP contribution in [0.2, 0.25) is 5.02 Å². The summed E-state index contributed by atoms with van der Waals surface area (Å²) in [6.07, 6.45) is 1.05. The zero-order valence-electron chi connectivity index (χ0n) is 11.0. The molecule has 4 nitrogen and oxygen atoms in total. The minimum atomic E-state index is 0.214. The van der Waals surface area contributed by atoms with Crippen LogP contribution in [0.1, 0.15) is 12.7 Å². The van der Waals surface area contributed by atoms with Gasteiger partial charge in [-0.15, -0.1) is 0 Å².